The molecule has 2 N–H and O–H groups in total. The smallest absolute Gasteiger partial charge is 0.265 e. The maximum absolute atomic E-state index is 11.9. The summed E-state index contributed by atoms with van der Waals surface area (Å²) in [6, 6.07) is 7.35. The maximum atomic E-state index is 11.9. The van der Waals surface area contributed by atoms with Crippen molar-refractivity contribution >= 4 is 17.3 Å². The first-order valence-electron chi connectivity index (χ1n) is 5.67. The molecule has 2 rings (SSSR count). The molecule has 1 aliphatic rings. The van der Waals surface area contributed by atoms with E-state index in [1.54, 1.807) is 36.9 Å². The van der Waals surface area contributed by atoms with Gasteiger partial charge in [0.05, 0.1) is 17.2 Å². The normalized spacial score (nSPS) is 14.7. The maximum Gasteiger partial charge on any atom is 0.265 e. The fourth-order valence-electron chi connectivity index (χ4n) is 1.82. The summed E-state index contributed by atoms with van der Waals surface area (Å²) >= 11 is 0. The first-order valence-corrected chi connectivity index (χ1v) is 5.67. The zero-order valence-corrected chi connectivity index (χ0v) is 10.4. The predicted octanol–water partition coefficient (Wildman–Crippen LogP) is 1.54. The lowest BCUT2D eigenvalue weighted by molar-refractivity contribution is -0.121. The molecule has 0 saturated heterocycles. The van der Waals surface area contributed by atoms with Crippen LogP contribution >= 0.6 is 0 Å². The Hall–Kier alpha value is -2.22. The number of rotatable bonds is 2. The first kappa shape index (κ1) is 12.2. The number of benzene rings is 1. The molecule has 0 unspecified atom stereocenters. The van der Waals surface area contributed by atoms with Crippen molar-refractivity contribution in [1.82, 2.24) is 0 Å². The molecule has 0 fully saturated rings. The minimum Gasteiger partial charge on any atom is -0.482 e. The average Bonchev–Trinajstić information content (AvgIpc) is 2.33. The van der Waals surface area contributed by atoms with Crippen LogP contribution < -0.4 is 15.4 Å². The number of amides is 1. The summed E-state index contributed by atoms with van der Waals surface area (Å²) in [4.78, 5) is 13.5. The third-order valence-corrected chi connectivity index (χ3v) is 2.78. The quantitative estimate of drug-likeness (QED) is 0.801. The highest BCUT2D eigenvalue weighted by molar-refractivity contribution is 5.98. The van der Waals surface area contributed by atoms with Crippen LogP contribution in [0.2, 0.25) is 0 Å². The van der Waals surface area contributed by atoms with Gasteiger partial charge in [0.25, 0.3) is 5.91 Å². The number of carbonyl (C=O) groups excluding carboxylic acids is 1. The minimum absolute atomic E-state index is 0.00156. The van der Waals surface area contributed by atoms with Crippen LogP contribution in [0.15, 0.2) is 18.2 Å². The molecule has 0 radical (unpaired) electrons. The number of nitriles is 1. The van der Waals surface area contributed by atoms with Crippen molar-refractivity contribution in [3.05, 3.63) is 18.2 Å². The second-order valence-corrected chi connectivity index (χ2v) is 4.99. The number of fused-ring (bicyclic) bond motifs is 1. The van der Waals surface area contributed by atoms with Gasteiger partial charge >= 0.3 is 0 Å². The third-order valence-electron chi connectivity index (χ3n) is 2.78. The molecule has 1 amide bonds. The predicted molar refractivity (Wildman–Crippen MR) is 68.1 cm³/mol. The summed E-state index contributed by atoms with van der Waals surface area (Å²) < 4.78 is 5.34. The van der Waals surface area contributed by atoms with Crippen molar-refractivity contribution < 1.29 is 9.53 Å². The number of nitrogens with zero attached hydrogens (tertiary/aromatic N) is 2. The van der Waals surface area contributed by atoms with Crippen LogP contribution in [0.3, 0.4) is 0 Å². The first-order chi connectivity index (χ1) is 8.43. The topological polar surface area (TPSA) is 79.3 Å². The third kappa shape index (κ3) is 2.23. The van der Waals surface area contributed by atoms with E-state index in [0.717, 1.165) is 0 Å². The van der Waals surface area contributed by atoms with Gasteiger partial charge in [-0.25, -0.2) is 0 Å². The molecule has 94 valence electrons. The van der Waals surface area contributed by atoms with Crippen molar-refractivity contribution in [2.45, 2.75) is 13.8 Å². The molecule has 5 nitrogen and oxygen atoms in total. The van der Waals surface area contributed by atoms with Crippen molar-refractivity contribution in [2.75, 3.05) is 23.8 Å². The Labute approximate surface area is 106 Å². The van der Waals surface area contributed by atoms with E-state index in [9.17, 15) is 4.79 Å². The molecule has 0 aromatic heterocycles. The molecule has 1 heterocycles. The number of nitrogen functional groups attached to an aromatic ring is 1. The molecule has 1 aliphatic heterocycles. The molecule has 0 atom stereocenters. The van der Waals surface area contributed by atoms with Gasteiger partial charge in [-0.3, -0.25) is 4.79 Å². The highest BCUT2D eigenvalue weighted by atomic mass is 16.5. The molecule has 0 aliphatic carbocycles. The van der Waals surface area contributed by atoms with Crippen LogP contribution in [-0.4, -0.2) is 19.1 Å². The van der Waals surface area contributed by atoms with Crippen LogP contribution in [0.1, 0.15) is 13.8 Å². The fourth-order valence-corrected chi connectivity index (χ4v) is 1.82. The number of anilines is 2. The van der Waals surface area contributed by atoms with Crippen molar-refractivity contribution in [2.24, 2.45) is 5.41 Å². The second-order valence-electron chi connectivity index (χ2n) is 4.99. The van der Waals surface area contributed by atoms with E-state index in [1.807, 2.05) is 0 Å². The molecule has 1 aromatic carbocycles. The van der Waals surface area contributed by atoms with Gasteiger partial charge in [0, 0.05) is 12.2 Å². The number of hydrogen-bond acceptors (Lipinski definition) is 4. The Morgan fingerprint density at radius 3 is 2.94 bits per heavy atom. The summed E-state index contributed by atoms with van der Waals surface area (Å²) in [6.45, 7) is 3.91. The van der Waals surface area contributed by atoms with Crippen molar-refractivity contribution in [3.8, 4) is 11.8 Å². The van der Waals surface area contributed by atoms with Gasteiger partial charge in [0.15, 0.2) is 6.61 Å². The summed E-state index contributed by atoms with van der Waals surface area (Å²) in [5.74, 6) is 0.467. The number of carbonyl (C=O) groups is 1. The van der Waals surface area contributed by atoms with Crippen LogP contribution in [0.4, 0.5) is 11.4 Å². The monoisotopic (exact) mass is 245 g/mol. The molecule has 0 saturated carbocycles. The van der Waals surface area contributed by atoms with Gasteiger partial charge in [-0.05, 0) is 32.0 Å². The number of nitrogens with two attached hydrogens (primary N) is 1. The van der Waals surface area contributed by atoms with Crippen molar-refractivity contribution in [1.29, 1.82) is 5.26 Å². The SMILES string of the molecule is CC(C)(C#N)CN1C(=O)COc2ccc(N)cc21. The van der Waals surface area contributed by atoms with Gasteiger partial charge in [-0.15, -0.1) is 0 Å². The lowest BCUT2D eigenvalue weighted by Crippen LogP contribution is -2.43. The Balaban J connectivity index is 2.39. The number of hydrogen-bond donors (Lipinski definition) is 1. The van der Waals surface area contributed by atoms with Crippen LogP contribution in [0.25, 0.3) is 0 Å². The summed E-state index contributed by atoms with van der Waals surface area (Å²) in [5.41, 5.74) is 6.31. The largest absolute Gasteiger partial charge is 0.482 e. The van der Waals surface area contributed by atoms with E-state index in [0.29, 0.717) is 23.7 Å². The fraction of sp³-hybridized carbons (Fsp3) is 0.385. The molecule has 5 heteroatoms. The van der Waals surface area contributed by atoms with Gasteiger partial charge < -0.3 is 15.4 Å². The Morgan fingerprint density at radius 2 is 2.28 bits per heavy atom. The van der Waals surface area contributed by atoms with E-state index in [2.05, 4.69) is 6.07 Å². The summed E-state index contributed by atoms with van der Waals surface area (Å²) in [7, 11) is 0. The van der Waals surface area contributed by atoms with Crippen molar-refractivity contribution in [3.63, 3.8) is 0 Å². The van der Waals surface area contributed by atoms with E-state index in [1.165, 1.54) is 0 Å². The van der Waals surface area contributed by atoms with Crippen LogP contribution in [-0.2, 0) is 4.79 Å². The molecule has 0 bridgehead atoms. The highest BCUT2D eigenvalue weighted by Gasteiger charge is 2.31. The zero-order valence-electron chi connectivity index (χ0n) is 10.4. The Kier molecular flexibility index (Phi) is 2.87. The molecule has 0 spiro atoms. The molecular weight excluding hydrogens is 230 g/mol. The van der Waals surface area contributed by atoms with E-state index in [4.69, 9.17) is 15.7 Å². The molecule has 1 aromatic rings. The standard InChI is InChI=1S/C13H15N3O2/c1-13(2,7-14)8-16-10-5-9(15)3-4-11(10)18-6-12(16)17/h3-5H,6,8,15H2,1-2H3. The van der Waals surface area contributed by atoms with Gasteiger partial charge in [0.2, 0.25) is 0 Å². The van der Waals surface area contributed by atoms with Gasteiger partial charge in [0.1, 0.15) is 5.75 Å². The second kappa shape index (κ2) is 4.22. The number of ether oxygens (including phenoxy) is 1. The Bertz CT molecular complexity index is 532. The van der Waals surface area contributed by atoms with Crippen LogP contribution in [0.5, 0.6) is 5.75 Å². The average molecular weight is 245 g/mol. The van der Waals surface area contributed by atoms with Crippen LogP contribution in [0, 0.1) is 16.7 Å². The van der Waals surface area contributed by atoms with Gasteiger partial charge in [-0.2, -0.15) is 5.26 Å². The Morgan fingerprint density at radius 1 is 1.56 bits per heavy atom. The summed E-state index contributed by atoms with van der Waals surface area (Å²) in [6.07, 6.45) is 0. The molecular formula is C13H15N3O2. The van der Waals surface area contributed by atoms with E-state index < -0.39 is 5.41 Å². The van der Waals surface area contributed by atoms with E-state index in [-0.39, 0.29) is 12.5 Å². The lowest BCUT2D eigenvalue weighted by Gasteiger charge is -2.33. The summed E-state index contributed by atoms with van der Waals surface area (Å²) in [5, 5.41) is 9.07. The molecule has 18 heavy (non-hydrogen) atoms. The lowest BCUT2D eigenvalue weighted by atomic mass is 9.94. The van der Waals surface area contributed by atoms with E-state index >= 15 is 0 Å². The highest BCUT2D eigenvalue weighted by Crippen LogP contribution is 2.35. The van der Waals surface area contributed by atoms with Gasteiger partial charge in [-0.1, -0.05) is 0 Å². The minimum atomic E-state index is -0.616. The zero-order chi connectivity index (χ0) is 13.3.